The summed E-state index contributed by atoms with van der Waals surface area (Å²) in [5.74, 6) is -0.327. The molecule has 3 amide bonds. The number of carbonyl (C=O) groups excluding carboxylic acids is 2. The van der Waals surface area contributed by atoms with Crippen molar-refractivity contribution in [2.75, 3.05) is 19.6 Å². The van der Waals surface area contributed by atoms with Gasteiger partial charge in [-0.2, -0.15) is 4.31 Å². The SMILES string of the molecule is O=C1CNC(=O)N1C1CCN(S(=O)(=O)c2ccccc2Cl)C1. The number of benzene rings is 1. The summed E-state index contributed by atoms with van der Waals surface area (Å²) >= 11 is 5.96. The van der Waals surface area contributed by atoms with Crippen LogP contribution in [0.3, 0.4) is 0 Å². The number of sulfonamides is 1. The lowest BCUT2D eigenvalue weighted by molar-refractivity contribution is -0.126. The summed E-state index contributed by atoms with van der Waals surface area (Å²) in [7, 11) is -3.74. The lowest BCUT2D eigenvalue weighted by Crippen LogP contribution is -2.42. The van der Waals surface area contributed by atoms with Crippen molar-refractivity contribution in [3.8, 4) is 0 Å². The van der Waals surface area contributed by atoms with E-state index in [9.17, 15) is 18.0 Å². The summed E-state index contributed by atoms with van der Waals surface area (Å²) in [6.45, 7) is 0.300. The van der Waals surface area contributed by atoms with Crippen molar-refractivity contribution in [2.24, 2.45) is 0 Å². The maximum absolute atomic E-state index is 12.6. The average molecular weight is 344 g/mol. The quantitative estimate of drug-likeness (QED) is 0.817. The van der Waals surface area contributed by atoms with E-state index in [1.807, 2.05) is 0 Å². The molecule has 0 saturated carbocycles. The normalized spacial score (nSPS) is 23.1. The summed E-state index contributed by atoms with van der Waals surface area (Å²) in [6.07, 6.45) is 0.419. The molecule has 9 heteroatoms. The predicted molar refractivity (Wildman–Crippen MR) is 78.9 cm³/mol. The first-order valence-corrected chi connectivity index (χ1v) is 8.57. The van der Waals surface area contributed by atoms with Crippen LogP contribution in [0.2, 0.25) is 5.02 Å². The molecule has 1 aromatic carbocycles. The van der Waals surface area contributed by atoms with E-state index in [1.54, 1.807) is 12.1 Å². The van der Waals surface area contributed by atoms with E-state index < -0.39 is 22.1 Å². The van der Waals surface area contributed by atoms with Crippen LogP contribution in [0.1, 0.15) is 6.42 Å². The molecule has 2 heterocycles. The Morgan fingerprint density at radius 1 is 1.23 bits per heavy atom. The number of imide groups is 1. The molecule has 2 saturated heterocycles. The number of hydrogen-bond acceptors (Lipinski definition) is 4. The summed E-state index contributed by atoms with van der Waals surface area (Å²) < 4.78 is 26.5. The third-order valence-electron chi connectivity index (χ3n) is 3.82. The summed E-state index contributed by atoms with van der Waals surface area (Å²) in [5.41, 5.74) is 0. The van der Waals surface area contributed by atoms with Gasteiger partial charge in [0.1, 0.15) is 4.90 Å². The lowest BCUT2D eigenvalue weighted by Gasteiger charge is -2.21. The van der Waals surface area contributed by atoms with Crippen LogP contribution in [0.4, 0.5) is 4.79 Å². The number of amides is 3. The van der Waals surface area contributed by atoms with Crippen molar-refractivity contribution >= 4 is 33.6 Å². The number of carbonyl (C=O) groups is 2. The van der Waals surface area contributed by atoms with E-state index in [0.29, 0.717) is 6.42 Å². The number of nitrogens with one attached hydrogen (secondary N) is 1. The first-order chi connectivity index (χ1) is 10.4. The molecule has 118 valence electrons. The molecule has 0 radical (unpaired) electrons. The van der Waals surface area contributed by atoms with Crippen molar-refractivity contribution in [3.05, 3.63) is 29.3 Å². The minimum atomic E-state index is -3.74. The molecule has 1 aromatic rings. The van der Waals surface area contributed by atoms with Gasteiger partial charge in [0, 0.05) is 13.1 Å². The van der Waals surface area contributed by atoms with Crippen molar-refractivity contribution in [3.63, 3.8) is 0 Å². The van der Waals surface area contributed by atoms with Gasteiger partial charge in [-0.25, -0.2) is 13.2 Å². The zero-order chi connectivity index (χ0) is 15.9. The fraction of sp³-hybridized carbons (Fsp3) is 0.385. The maximum Gasteiger partial charge on any atom is 0.324 e. The molecule has 0 aromatic heterocycles. The van der Waals surface area contributed by atoms with Crippen LogP contribution in [0, 0.1) is 0 Å². The number of urea groups is 1. The average Bonchev–Trinajstić information content (AvgIpc) is 3.06. The second-order valence-corrected chi connectivity index (χ2v) is 7.47. The second kappa shape index (κ2) is 5.53. The third-order valence-corrected chi connectivity index (χ3v) is 6.19. The van der Waals surface area contributed by atoms with Crippen molar-refractivity contribution in [2.45, 2.75) is 17.4 Å². The Balaban J connectivity index is 1.82. The fourth-order valence-electron chi connectivity index (χ4n) is 2.74. The zero-order valence-corrected chi connectivity index (χ0v) is 13.1. The minimum absolute atomic E-state index is 0.0351. The molecule has 2 aliphatic heterocycles. The van der Waals surface area contributed by atoms with E-state index >= 15 is 0 Å². The van der Waals surface area contributed by atoms with Gasteiger partial charge in [0.2, 0.25) is 15.9 Å². The largest absolute Gasteiger partial charge is 0.329 e. The summed E-state index contributed by atoms with van der Waals surface area (Å²) in [4.78, 5) is 24.5. The molecule has 0 bridgehead atoms. The molecule has 2 aliphatic rings. The van der Waals surface area contributed by atoms with Crippen LogP contribution >= 0.6 is 11.6 Å². The van der Waals surface area contributed by atoms with Crippen LogP contribution in [0.5, 0.6) is 0 Å². The number of nitrogens with zero attached hydrogens (tertiary/aromatic N) is 2. The highest BCUT2D eigenvalue weighted by Crippen LogP contribution is 2.28. The molecular weight excluding hydrogens is 330 g/mol. The summed E-state index contributed by atoms with van der Waals surface area (Å²) in [6, 6.07) is 5.31. The maximum atomic E-state index is 12.6. The Kier molecular flexibility index (Phi) is 3.84. The Hall–Kier alpha value is -1.64. The number of rotatable bonds is 3. The Morgan fingerprint density at radius 2 is 1.95 bits per heavy atom. The molecule has 1 atom stereocenters. The van der Waals surface area contributed by atoms with Crippen LogP contribution in [-0.2, 0) is 14.8 Å². The standard InChI is InChI=1S/C13H14ClN3O4S/c14-10-3-1-2-4-11(10)22(20,21)16-6-5-9(8-16)17-12(18)7-15-13(17)19/h1-4,9H,5-8H2,(H,15,19). The lowest BCUT2D eigenvalue weighted by atomic mass is 10.2. The Bertz CT molecular complexity index is 721. The molecule has 0 spiro atoms. The first-order valence-electron chi connectivity index (χ1n) is 6.76. The minimum Gasteiger partial charge on any atom is -0.329 e. The first kappa shape index (κ1) is 15.3. The van der Waals surface area contributed by atoms with Crippen molar-refractivity contribution < 1.29 is 18.0 Å². The zero-order valence-electron chi connectivity index (χ0n) is 11.5. The Labute approximate surface area is 132 Å². The Morgan fingerprint density at radius 3 is 2.59 bits per heavy atom. The molecule has 22 heavy (non-hydrogen) atoms. The fourth-order valence-corrected chi connectivity index (χ4v) is 4.72. The molecule has 7 nitrogen and oxygen atoms in total. The third kappa shape index (κ3) is 2.47. The van der Waals surface area contributed by atoms with Gasteiger partial charge in [0.25, 0.3) is 0 Å². The van der Waals surface area contributed by atoms with Crippen molar-refractivity contribution in [1.82, 2.24) is 14.5 Å². The van der Waals surface area contributed by atoms with E-state index in [4.69, 9.17) is 11.6 Å². The molecule has 1 unspecified atom stereocenters. The molecule has 1 N–H and O–H groups in total. The highest BCUT2D eigenvalue weighted by molar-refractivity contribution is 7.89. The van der Waals surface area contributed by atoms with Gasteiger partial charge in [0.15, 0.2) is 0 Å². The molecule has 0 aliphatic carbocycles. The smallest absolute Gasteiger partial charge is 0.324 e. The number of hydrogen-bond donors (Lipinski definition) is 1. The van der Waals surface area contributed by atoms with E-state index in [2.05, 4.69) is 5.32 Å². The van der Waals surface area contributed by atoms with Gasteiger partial charge >= 0.3 is 6.03 Å². The second-order valence-electron chi connectivity index (χ2n) is 5.16. The molecule has 3 rings (SSSR count). The number of halogens is 1. The van der Waals surface area contributed by atoms with Crippen LogP contribution in [-0.4, -0.2) is 55.2 Å². The van der Waals surface area contributed by atoms with Crippen LogP contribution in [0.25, 0.3) is 0 Å². The summed E-state index contributed by atoms with van der Waals surface area (Å²) in [5, 5.41) is 2.59. The van der Waals surface area contributed by atoms with E-state index in [1.165, 1.54) is 16.4 Å². The van der Waals surface area contributed by atoms with Crippen LogP contribution in [0.15, 0.2) is 29.2 Å². The van der Waals surface area contributed by atoms with E-state index in [-0.39, 0.29) is 35.5 Å². The highest BCUT2D eigenvalue weighted by Gasteiger charge is 2.42. The molecule has 2 fully saturated rings. The van der Waals surface area contributed by atoms with Gasteiger partial charge in [-0.15, -0.1) is 0 Å². The van der Waals surface area contributed by atoms with E-state index in [0.717, 1.165) is 4.90 Å². The van der Waals surface area contributed by atoms with Crippen molar-refractivity contribution in [1.29, 1.82) is 0 Å². The van der Waals surface area contributed by atoms with Gasteiger partial charge in [-0.1, -0.05) is 23.7 Å². The van der Waals surface area contributed by atoms with Crippen LogP contribution < -0.4 is 5.32 Å². The van der Waals surface area contributed by atoms with Gasteiger partial charge < -0.3 is 5.32 Å². The van der Waals surface area contributed by atoms with Gasteiger partial charge in [0.05, 0.1) is 17.6 Å². The highest BCUT2D eigenvalue weighted by atomic mass is 35.5. The predicted octanol–water partition coefficient (Wildman–Crippen LogP) is 0.655. The monoisotopic (exact) mass is 343 g/mol. The topological polar surface area (TPSA) is 86.8 Å². The van der Waals surface area contributed by atoms with Gasteiger partial charge in [-0.3, -0.25) is 9.69 Å². The molecular formula is C13H14ClN3O4S. The van der Waals surface area contributed by atoms with Gasteiger partial charge in [-0.05, 0) is 18.6 Å².